The zero-order chi connectivity index (χ0) is 15.7. The molecule has 0 amide bonds. The quantitative estimate of drug-likeness (QED) is 0.784. The molecule has 7 heteroatoms. The van der Waals surface area contributed by atoms with Crippen molar-refractivity contribution in [3.05, 3.63) is 36.2 Å². The van der Waals surface area contributed by atoms with E-state index in [2.05, 4.69) is 53.2 Å². The Morgan fingerprint density at radius 3 is 2.77 bits per heavy atom. The highest BCUT2D eigenvalue weighted by molar-refractivity contribution is 5.50. The van der Waals surface area contributed by atoms with E-state index in [0.29, 0.717) is 5.92 Å². The van der Waals surface area contributed by atoms with Gasteiger partial charge in [0.15, 0.2) is 5.65 Å². The van der Waals surface area contributed by atoms with Gasteiger partial charge in [0.2, 0.25) is 0 Å². The molecular formula is C15H21N7. The third-order valence-electron chi connectivity index (χ3n) is 3.67. The van der Waals surface area contributed by atoms with Crippen LogP contribution in [0.2, 0.25) is 0 Å². The Balaban J connectivity index is 1.97. The molecule has 3 rings (SSSR count). The maximum atomic E-state index is 4.63. The summed E-state index contributed by atoms with van der Waals surface area (Å²) in [5.41, 5.74) is 1.89. The number of anilines is 1. The van der Waals surface area contributed by atoms with Crippen molar-refractivity contribution in [2.24, 2.45) is 0 Å². The van der Waals surface area contributed by atoms with Crippen molar-refractivity contribution in [3.63, 3.8) is 0 Å². The van der Waals surface area contributed by atoms with Crippen molar-refractivity contribution < 1.29 is 0 Å². The number of hydrogen-bond acceptors (Lipinski definition) is 5. The van der Waals surface area contributed by atoms with Gasteiger partial charge < -0.3 is 5.32 Å². The number of nitrogens with zero attached hydrogens (tertiary/aromatic N) is 6. The van der Waals surface area contributed by atoms with Crippen LogP contribution in [0.25, 0.3) is 5.65 Å². The molecule has 3 aromatic rings. The molecule has 22 heavy (non-hydrogen) atoms. The van der Waals surface area contributed by atoms with E-state index in [1.54, 1.807) is 12.5 Å². The summed E-state index contributed by atoms with van der Waals surface area (Å²) in [5, 5.41) is 12.1. The molecule has 0 spiro atoms. The van der Waals surface area contributed by atoms with E-state index in [4.69, 9.17) is 0 Å². The Hall–Kier alpha value is -2.44. The predicted octanol–water partition coefficient (Wildman–Crippen LogP) is 2.64. The fourth-order valence-electron chi connectivity index (χ4n) is 2.47. The van der Waals surface area contributed by atoms with Crippen LogP contribution in [0.1, 0.15) is 51.2 Å². The Morgan fingerprint density at radius 2 is 2.05 bits per heavy atom. The number of aryl methyl sites for hydroxylation is 1. The first-order valence-corrected chi connectivity index (χ1v) is 7.59. The smallest absolute Gasteiger partial charge is 0.157 e. The fourth-order valence-corrected chi connectivity index (χ4v) is 2.47. The number of aromatic nitrogens is 6. The van der Waals surface area contributed by atoms with Gasteiger partial charge in [0, 0.05) is 24.4 Å². The standard InChI is InChI=1S/C15H21N7/c1-5-21-15(16-9-18-21)11(4)19-14-8-12(10(2)3)20-13-6-7-17-22(13)14/h6-11,19H,5H2,1-4H3/t11-/m1/s1. The molecule has 3 heterocycles. The monoisotopic (exact) mass is 299 g/mol. The van der Waals surface area contributed by atoms with Crippen molar-refractivity contribution >= 4 is 11.5 Å². The zero-order valence-electron chi connectivity index (χ0n) is 13.4. The fraction of sp³-hybridized carbons (Fsp3) is 0.467. The number of rotatable bonds is 5. The predicted molar refractivity (Wildman–Crippen MR) is 84.8 cm³/mol. The average molecular weight is 299 g/mol. The van der Waals surface area contributed by atoms with Crippen LogP contribution < -0.4 is 5.32 Å². The van der Waals surface area contributed by atoms with Gasteiger partial charge in [-0.3, -0.25) is 0 Å². The van der Waals surface area contributed by atoms with Crippen molar-refractivity contribution in [2.75, 3.05) is 5.32 Å². The highest BCUT2D eigenvalue weighted by atomic mass is 15.4. The lowest BCUT2D eigenvalue weighted by Gasteiger charge is -2.17. The van der Waals surface area contributed by atoms with Gasteiger partial charge in [-0.25, -0.2) is 14.6 Å². The SMILES string of the molecule is CCn1ncnc1[C@@H](C)Nc1cc(C(C)C)nc2ccnn12. The molecule has 3 aromatic heterocycles. The van der Waals surface area contributed by atoms with Crippen molar-refractivity contribution in [1.29, 1.82) is 0 Å². The molecule has 1 N–H and O–H groups in total. The first kappa shape index (κ1) is 14.5. The Kier molecular flexibility index (Phi) is 3.79. The number of nitrogens with one attached hydrogen (secondary N) is 1. The summed E-state index contributed by atoms with van der Waals surface area (Å²) in [6.45, 7) is 9.19. The normalized spacial score (nSPS) is 13.0. The second-order valence-corrected chi connectivity index (χ2v) is 5.62. The largest absolute Gasteiger partial charge is 0.360 e. The first-order chi connectivity index (χ1) is 10.6. The molecule has 0 aliphatic carbocycles. The van der Waals surface area contributed by atoms with E-state index in [0.717, 1.165) is 29.5 Å². The number of hydrogen-bond donors (Lipinski definition) is 1. The highest BCUT2D eigenvalue weighted by Crippen LogP contribution is 2.22. The van der Waals surface area contributed by atoms with Crippen LogP contribution in [0, 0.1) is 0 Å². The summed E-state index contributed by atoms with van der Waals surface area (Å²) in [4.78, 5) is 8.98. The topological polar surface area (TPSA) is 72.9 Å². The third kappa shape index (κ3) is 2.54. The third-order valence-corrected chi connectivity index (χ3v) is 3.67. The van der Waals surface area contributed by atoms with Crippen LogP contribution in [-0.4, -0.2) is 29.4 Å². The summed E-state index contributed by atoms with van der Waals surface area (Å²) in [5.74, 6) is 2.18. The summed E-state index contributed by atoms with van der Waals surface area (Å²) >= 11 is 0. The van der Waals surface area contributed by atoms with Crippen LogP contribution in [0.4, 0.5) is 5.82 Å². The summed E-state index contributed by atoms with van der Waals surface area (Å²) < 4.78 is 3.71. The van der Waals surface area contributed by atoms with Gasteiger partial charge in [-0.1, -0.05) is 13.8 Å². The van der Waals surface area contributed by atoms with E-state index in [-0.39, 0.29) is 6.04 Å². The van der Waals surface area contributed by atoms with Gasteiger partial charge in [0.1, 0.15) is 18.0 Å². The van der Waals surface area contributed by atoms with E-state index < -0.39 is 0 Å². The summed E-state index contributed by atoms with van der Waals surface area (Å²) in [6, 6.07) is 3.99. The average Bonchev–Trinajstić information content (AvgIpc) is 3.15. The van der Waals surface area contributed by atoms with Crippen molar-refractivity contribution in [1.82, 2.24) is 29.4 Å². The lowest BCUT2D eigenvalue weighted by atomic mass is 10.1. The number of fused-ring (bicyclic) bond motifs is 1. The summed E-state index contributed by atoms with van der Waals surface area (Å²) in [7, 11) is 0. The minimum Gasteiger partial charge on any atom is -0.360 e. The lowest BCUT2D eigenvalue weighted by molar-refractivity contribution is 0.591. The van der Waals surface area contributed by atoms with E-state index in [1.165, 1.54) is 0 Å². The van der Waals surface area contributed by atoms with Crippen LogP contribution in [0.5, 0.6) is 0 Å². The zero-order valence-corrected chi connectivity index (χ0v) is 13.4. The molecule has 0 saturated heterocycles. The van der Waals surface area contributed by atoms with Crippen LogP contribution in [0.3, 0.4) is 0 Å². The summed E-state index contributed by atoms with van der Waals surface area (Å²) in [6.07, 6.45) is 3.35. The van der Waals surface area contributed by atoms with Crippen LogP contribution in [-0.2, 0) is 6.54 Å². The molecule has 7 nitrogen and oxygen atoms in total. The van der Waals surface area contributed by atoms with Gasteiger partial charge in [-0.15, -0.1) is 0 Å². The molecule has 0 radical (unpaired) electrons. The Labute approximate surface area is 129 Å². The molecule has 0 aromatic carbocycles. The molecule has 0 fully saturated rings. The maximum absolute atomic E-state index is 4.63. The van der Waals surface area contributed by atoms with Crippen LogP contribution in [0.15, 0.2) is 24.7 Å². The van der Waals surface area contributed by atoms with E-state index in [1.807, 2.05) is 21.3 Å². The molecule has 0 aliphatic heterocycles. The Bertz CT molecular complexity index is 771. The van der Waals surface area contributed by atoms with E-state index >= 15 is 0 Å². The van der Waals surface area contributed by atoms with E-state index in [9.17, 15) is 0 Å². The second-order valence-electron chi connectivity index (χ2n) is 5.62. The molecular weight excluding hydrogens is 278 g/mol. The minimum absolute atomic E-state index is 0.0252. The second kappa shape index (κ2) is 5.75. The van der Waals surface area contributed by atoms with Gasteiger partial charge in [-0.2, -0.15) is 14.7 Å². The van der Waals surface area contributed by atoms with Gasteiger partial charge in [0.25, 0.3) is 0 Å². The van der Waals surface area contributed by atoms with Gasteiger partial charge in [-0.05, 0) is 19.8 Å². The lowest BCUT2D eigenvalue weighted by Crippen LogP contribution is -2.16. The van der Waals surface area contributed by atoms with Crippen molar-refractivity contribution in [2.45, 2.75) is 46.2 Å². The molecule has 116 valence electrons. The molecule has 0 saturated carbocycles. The highest BCUT2D eigenvalue weighted by Gasteiger charge is 2.15. The van der Waals surface area contributed by atoms with Gasteiger partial charge >= 0.3 is 0 Å². The van der Waals surface area contributed by atoms with Gasteiger partial charge in [0.05, 0.1) is 12.2 Å². The molecule has 0 bridgehead atoms. The molecule has 0 unspecified atom stereocenters. The minimum atomic E-state index is 0.0252. The Morgan fingerprint density at radius 1 is 1.23 bits per heavy atom. The molecule has 0 aliphatic rings. The van der Waals surface area contributed by atoms with Crippen molar-refractivity contribution in [3.8, 4) is 0 Å². The maximum Gasteiger partial charge on any atom is 0.157 e. The van der Waals surface area contributed by atoms with Crippen LogP contribution >= 0.6 is 0 Å². The molecule has 1 atom stereocenters. The first-order valence-electron chi connectivity index (χ1n) is 7.59.